The van der Waals surface area contributed by atoms with Crippen LogP contribution in [0.5, 0.6) is 0 Å². The average Bonchev–Trinajstić information content (AvgIpc) is 2.59. The summed E-state index contributed by atoms with van der Waals surface area (Å²) in [6, 6.07) is 26.9. The molecular weight excluding hydrogens is 379 g/mol. The van der Waals surface area contributed by atoms with Crippen LogP contribution in [-0.4, -0.2) is 0 Å². The van der Waals surface area contributed by atoms with Crippen LogP contribution in [0.25, 0.3) is 0 Å². The van der Waals surface area contributed by atoms with Gasteiger partial charge in [-0.25, -0.2) is 0 Å². The van der Waals surface area contributed by atoms with Crippen molar-refractivity contribution in [2.75, 3.05) is 0 Å². The molecule has 0 fully saturated rings. The van der Waals surface area contributed by atoms with Crippen molar-refractivity contribution in [1.29, 1.82) is 0 Å². The quantitative estimate of drug-likeness (QED) is 0.354. The molecule has 3 aromatic carbocycles. The van der Waals surface area contributed by atoms with Gasteiger partial charge < -0.3 is 0 Å². The lowest BCUT2D eigenvalue weighted by Crippen LogP contribution is -2.46. The summed E-state index contributed by atoms with van der Waals surface area (Å²) in [5.74, 6) is 0. The van der Waals surface area contributed by atoms with Crippen molar-refractivity contribution in [3.8, 4) is 0 Å². The molecule has 3 aromatic rings. The van der Waals surface area contributed by atoms with Gasteiger partial charge in [0.15, 0.2) is 0 Å². The van der Waals surface area contributed by atoms with E-state index in [9.17, 15) is 0 Å². The minimum absolute atomic E-state index is 0.0449. The van der Waals surface area contributed by atoms with E-state index < -0.39 is 0 Å². The van der Waals surface area contributed by atoms with Gasteiger partial charge in [-0.05, 0) is 40.3 Å². The Morgan fingerprint density at radius 3 is 1.14 bits per heavy atom. The molecule has 6 rings (SSSR count). The van der Waals surface area contributed by atoms with Crippen LogP contribution < -0.4 is 0 Å². The van der Waals surface area contributed by atoms with Crippen LogP contribution in [0.1, 0.15) is 40.3 Å². The number of halogens is 1. The van der Waals surface area contributed by atoms with Crippen LogP contribution in [0.4, 0.5) is 0 Å². The number of hydrogen-bond acceptors (Lipinski definition) is 0. The summed E-state index contributed by atoms with van der Waals surface area (Å²) < 4.78 is -0.0701. The summed E-state index contributed by atoms with van der Waals surface area (Å²) in [6.07, 6.45) is 0. The van der Waals surface area contributed by atoms with Crippen LogP contribution in [0, 0.1) is 0 Å². The maximum Gasteiger partial charge on any atom is 0.0977 e. The molecule has 0 aromatic heterocycles. The van der Waals surface area contributed by atoms with Crippen molar-refractivity contribution in [1.82, 2.24) is 0 Å². The summed E-state index contributed by atoms with van der Waals surface area (Å²) in [5, 5.41) is 0. The largest absolute Gasteiger partial charge is 0.0977 e. The van der Waals surface area contributed by atoms with E-state index in [2.05, 4.69) is 102 Å². The molecule has 1 heteroatoms. The molecule has 106 valence electrons. The van der Waals surface area contributed by atoms with Gasteiger partial charge in [-0.3, -0.25) is 0 Å². The Labute approximate surface area is 144 Å². The minimum atomic E-state index is -0.0701. The highest BCUT2D eigenvalue weighted by atomic mass is 127. The number of rotatable bonds is 0. The summed E-state index contributed by atoms with van der Waals surface area (Å²) in [6.45, 7) is 2.39. The molecule has 0 saturated carbocycles. The first-order valence-corrected chi connectivity index (χ1v) is 8.75. The van der Waals surface area contributed by atoms with Gasteiger partial charge in [-0.15, -0.1) is 0 Å². The van der Waals surface area contributed by atoms with Gasteiger partial charge >= 0.3 is 0 Å². The maximum atomic E-state index is 2.67. The van der Waals surface area contributed by atoms with Crippen molar-refractivity contribution < 1.29 is 0 Å². The summed E-state index contributed by atoms with van der Waals surface area (Å²) in [4.78, 5) is 0. The molecule has 0 spiro atoms. The summed E-state index contributed by atoms with van der Waals surface area (Å²) in [7, 11) is 0. The Hall–Kier alpha value is -1.61. The van der Waals surface area contributed by atoms with Crippen molar-refractivity contribution in [2.24, 2.45) is 0 Å². The van der Waals surface area contributed by atoms with Crippen molar-refractivity contribution in [3.05, 3.63) is 106 Å². The van der Waals surface area contributed by atoms with Gasteiger partial charge in [0.2, 0.25) is 0 Å². The van der Waals surface area contributed by atoms with Crippen LogP contribution in [0.15, 0.2) is 72.8 Å². The fourth-order valence-corrected chi connectivity index (χ4v) is 5.94. The predicted octanol–water partition coefficient (Wildman–Crippen LogP) is 5.39. The van der Waals surface area contributed by atoms with Gasteiger partial charge in [-0.2, -0.15) is 0 Å². The summed E-state index contributed by atoms with van der Waals surface area (Å²) in [5.41, 5.74) is 8.70. The molecule has 22 heavy (non-hydrogen) atoms. The van der Waals surface area contributed by atoms with Crippen LogP contribution in [0.2, 0.25) is 0 Å². The second-order valence-electron chi connectivity index (χ2n) is 6.42. The molecule has 0 aliphatic heterocycles. The zero-order chi connectivity index (χ0) is 14.9. The Balaban J connectivity index is 2.05. The number of alkyl halides is 1. The lowest BCUT2D eigenvalue weighted by atomic mass is 9.54. The fourth-order valence-electron chi connectivity index (χ4n) is 4.53. The molecule has 0 unspecified atom stereocenters. The van der Waals surface area contributed by atoms with E-state index in [1.54, 1.807) is 0 Å². The third kappa shape index (κ3) is 1.22. The third-order valence-electron chi connectivity index (χ3n) is 5.51. The summed E-state index contributed by atoms with van der Waals surface area (Å²) >= 11 is 2.67. The van der Waals surface area contributed by atoms with E-state index in [-0.39, 0.29) is 8.84 Å². The van der Waals surface area contributed by atoms with E-state index in [1.165, 1.54) is 33.4 Å². The lowest BCUT2D eigenvalue weighted by molar-refractivity contribution is 0.585. The number of hydrogen-bond donors (Lipinski definition) is 0. The SMILES string of the molecule is C[C@]12c3ccccc3[C@@](I)(c3ccccc31)c1ccccc12. The van der Waals surface area contributed by atoms with Gasteiger partial charge in [0.1, 0.15) is 0 Å². The first kappa shape index (κ1) is 12.9. The third-order valence-corrected chi connectivity index (χ3v) is 7.25. The normalized spacial score (nSPS) is 27.0. The topological polar surface area (TPSA) is 0 Å². The molecule has 2 bridgehead atoms. The molecule has 0 amide bonds. The fraction of sp³-hybridized carbons (Fsp3) is 0.143. The Morgan fingerprint density at radius 2 is 0.818 bits per heavy atom. The van der Waals surface area contributed by atoms with E-state index in [4.69, 9.17) is 0 Å². The first-order valence-electron chi connectivity index (χ1n) is 7.67. The van der Waals surface area contributed by atoms with Crippen LogP contribution in [-0.2, 0) is 8.84 Å². The zero-order valence-electron chi connectivity index (χ0n) is 12.3. The lowest BCUT2D eigenvalue weighted by Gasteiger charge is -2.53. The predicted molar refractivity (Wildman–Crippen MR) is 98.8 cm³/mol. The molecule has 0 atom stereocenters. The second-order valence-corrected chi connectivity index (χ2v) is 8.04. The Morgan fingerprint density at radius 1 is 0.545 bits per heavy atom. The monoisotopic (exact) mass is 394 g/mol. The highest BCUT2D eigenvalue weighted by Crippen LogP contribution is 2.64. The van der Waals surface area contributed by atoms with Gasteiger partial charge in [0, 0.05) is 5.41 Å². The van der Waals surface area contributed by atoms with Crippen molar-refractivity contribution in [2.45, 2.75) is 15.8 Å². The van der Waals surface area contributed by atoms with Crippen molar-refractivity contribution >= 4 is 22.6 Å². The molecule has 0 nitrogen and oxygen atoms in total. The molecular formula is C21H15I. The molecule has 3 aliphatic carbocycles. The first-order chi connectivity index (χ1) is 10.7. The smallest absolute Gasteiger partial charge is 0.0630 e. The second kappa shape index (κ2) is 4.02. The molecule has 0 saturated heterocycles. The van der Waals surface area contributed by atoms with Crippen molar-refractivity contribution in [3.63, 3.8) is 0 Å². The van der Waals surface area contributed by atoms with Gasteiger partial charge in [0.05, 0.1) is 3.42 Å². The van der Waals surface area contributed by atoms with E-state index in [0.717, 1.165) is 0 Å². The standard InChI is InChI=1S/C21H15I/c1-20-14-8-2-5-11-17(14)21(22,18-12-6-3-9-15(18)20)19-13-7-4-10-16(19)20/h2-13H,1H3/t20-,21+. The Kier molecular flexibility index (Phi) is 2.35. The molecule has 3 aliphatic rings. The van der Waals surface area contributed by atoms with Crippen LogP contribution >= 0.6 is 22.6 Å². The number of benzene rings is 3. The Bertz CT molecular complexity index is 729. The molecule has 0 radical (unpaired) electrons. The zero-order valence-corrected chi connectivity index (χ0v) is 14.5. The maximum absolute atomic E-state index is 2.67. The minimum Gasteiger partial charge on any atom is -0.0630 e. The molecule has 0 heterocycles. The van der Waals surface area contributed by atoms with E-state index in [1.807, 2.05) is 0 Å². The average molecular weight is 394 g/mol. The molecule has 0 N–H and O–H groups in total. The van der Waals surface area contributed by atoms with E-state index in [0.29, 0.717) is 0 Å². The highest BCUT2D eigenvalue weighted by molar-refractivity contribution is 14.1. The van der Waals surface area contributed by atoms with Crippen LogP contribution in [0.3, 0.4) is 0 Å². The van der Waals surface area contributed by atoms with Gasteiger partial charge in [-0.1, -0.05) is 95.4 Å². The highest BCUT2D eigenvalue weighted by Gasteiger charge is 2.55. The van der Waals surface area contributed by atoms with E-state index >= 15 is 0 Å². The van der Waals surface area contributed by atoms with Gasteiger partial charge in [0.25, 0.3) is 0 Å².